The van der Waals surface area contributed by atoms with Crippen molar-refractivity contribution in [2.75, 3.05) is 5.32 Å². The molecule has 2 heterocycles. The molecule has 0 fully saturated rings. The number of nitrogens with one attached hydrogen (secondary N) is 1. The molecule has 2 N–H and O–H groups in total. The van der Waals surface area contributed by atoms with Gasteiger partial charge in [-0.25, -0.2) is 4.98 Å². The maximum Gasteiger partial charge on any atom is 0.274 e. The normalized spacial score (nSPS) is 10.9. The number of phenolic OH excluding ortho intramolecular Hbond substituents is 1. The maximum atomic E-state index is 12.7. The molecule has 0 aliphatic heterocycles. The molecule has 0 aliphatic carbocycles. The summed E-state index contributed by atoms with van der Waals surface area (Å²) in [5, 5.41) is 12.7. The van der Waals surface area contributed by atoms with E-state index >= 15 is 0 Å². The minimum atomic E-state index is -0.299. The van der Waals surface area contributed by atoms with E-state index in [2.05, 4.69) is 26.2 Å². The molecule has 0 aliphatic rings. The molecule has 0 spiro atoms. The zero-order chi connectivity index (χ0) is 16.6. The van der Waals surface area contributed by atoms with E-state index in [-0.39, 0.29) is 11.7 Å². The molecule has 0 saturated heterocycles. The largest absolute Gasteiger partial charge is 0.506 e. The summed E-state index contributed by atoms with van der Waals surface area (Å²) < 4.78 is 2.61. The first-order valence-corrected chi connectivity index (χ1v) is 8.06. The number of carbonyl (C=O) groups excluding carboxylic acids is 1. The Morgan fingerprint density at radius 2 is 2.13 bits per heavy atom. The molecule has 23 heavy (non-hydrogen) atoms. The van der Waals surface area contributed by atoms with Crippen molar-refractivity contribution in [3.8, 4) is 5.75 Å². The Balaban J connectivity index is 2.04. The molecule has 0 bridgehead atoms. The van der Waals surface area contributed by atoms with Crippen LogP contribution in [0.25, 0.3) is 5.65 Å². The predicted octanol–water partition coefficient (Wildman–Crippen LogP) is 3.93. The van der Waals surface area contributed by atoms with Crippen LogP contribution in [-0.4, -0.2) is 20.4 Å². The highest BCUT2D eigenvalue weighted by Crippen LogP contribution is 2.25. The zero-order valence-corrected chi connectivity index (χ0v) is 14.4. The number of imidazole rings is 1. The van der Waals surface area contributed by atoms with Gasteiger partial charge >= 0.3 is 0 Å². The van der Waals surface area contributed by atoms with Crippen molar-refractivity contribution in [3.63, 3.8) is 0 Å². The Bertz CT molecular complexity index is 902. The number of anilines is 1. The molecule has 118 valence electrons. The Morgan fingerprint density at radius 3 is 2.83 bits per heavy atom. The standard InChI is InChI=1S/C17H16BrN3O2/c1-3-12-16(21-9-11(18)5-7-15(21)19-12)17(23)20-13-6-4-10(2)8-14(13)22/h4-9,22H,3H2,1-2H3,(H,20,23). The number of hydrogen-bond acceptors (Lipinski definition) is 3. The monoisotopic (exact) mass is 373 g/mol. The van der Waals surface area contributed by atoms with Crippen LogP contribution in [-0.2, 0) is 6.42 Å². The SMILES string of the molecule is CCc1nc2ccc(Br)cn2c1C(=O)Nc1ccc(C)cc1O. The van der Waals surface area contributed by atoms with Gasteiger partial charge in [-0.2, -0.15) is 0 Å². The molecular formula is C17H16BrN3O2. The number of amides is 1. The summed E-state index contributed by atoms with van der Waals surface area (Å²) in [4.78, 5) is 17.2. The number of halogens is 1. The smallest absolute Gasteiger partial charge is 0.274 e. The summed E-state index contributed by atoms with van der Waals surface area (Å²) in [5.74, 6) is -0.252. The molecular weight excluding hydrogens is 358 g/mol. The van der Waals surface area contributed by atoms with Gasteiger partial charge in [0.15, 0.2) is 0 Å². The van der Waals surface area contributed by atoms with E-state index in [9.17, 15) is 9.90 Å². The fraction of sp³-hybridized carbons (Fsp3) is 0.176. The number of hydrogen-bond donors (Lipinski definition) is 2. The molecule has 0 radical (unpaired) electrons. The lowest BCUT2D eigenvalue weighted by Crippen LogP contribution is -2.16. The maximum absolute atomic E-state index is 12.7. The molecule has 1 aromatic carbocycles. The number of rotatable bonds is 3. The van der Waals surface area contributed by atoms with E-state index in [4.69, 9.17) is 0 Å². The molecule has 0 unspecified atom stereocenters. The Kier molecular flexibility index (Phi) is 4.09. The molecule has 2 aromatic heterocycles. The first-order valence-electron chi connectivity index (χ1n) is 7.27. The van der Waals surface area contributed by atoms with Crippen molar-refractivity contribution in [1.29, 1.82) is 0 Å². The van der Waals surface area contributed by atoms with Crippen LogP contribution < -0.4 is 5.32 Å². The van der Waals surface area contributed by atoms with Crippen LogP contribution in [0, 0.1) is 6.92 Å². The second kappa shape index (κ2) is 6.04. The van der Waals surface area contributed by atoms with Crippen molar-refractivity contribution < 1.29 is 9.90 Å². The van der Waals surface area contributed by atoms with E-state index in [1.165, 1.54) is 0 Å². The predicted molar refractivity (Wildman–Crippen MR) is 93.1 cm³/mol. The highest BCUT2D eigenvalue weighted by molar-refractivity contribution is 9.10. The highest BCUT2D eigenvalue weighted by Gasteiger charge is 2.19. The van der Waals surface area contributed by atoms with Crippen molar-refractivity contribution in [3.05, 3.63) is 58.0 Å². The number of benzene rings is 1. The first-order chi connectivity index (χ1) is 11.0. The summed E-state index contributed by atoms with van der Waals surface area (Å²) >= 11 is 3.41. The second-order valence-corrected chi connectivity index (χ2v) is 6.23. The van der Waals surface area contributed by atoms with E-state index in [1.807, 2.05) is 38.2 Å². The molecule has 0 saturated carbocycles. The Morgan fingerprint density at radius 1 is 1.35 bits per heavy atom. The van der Waals surface area contributed by atoms with Gasteiger partial charge in [-0.05, 0) is 59.1 Å². The van der Waals surface area contributed by atoms with Gasteiger partial charge in [0.2, 0.25) is 0 Å². The van der Waals surface area contributed by atoms with Gasteiger partial charge in [0, 0.05) is 10.7 Å². The number of carbonyl (C=O) groups is 1. The van der Waals surface area contributed by atoms with E-state index in [0.29, 0.717) is 29.1 Å². The molecule has 0 atom stereocenters. The van der Waals surface area contributed by atoms with Gasteiger partial charge in [-0.3, -0.25) is 9.20 Å². The van der Waals surface area contributed by atoms with Crippen LogP contribution in [0.1, 0.15) is 28.7 Å². The third-order valence-electron chi connectivity index (χ3n) is 3.61. The van der Waals surface area contributed by atoms with E-state index in [0.717, 1.165) is 10.0 Å². The van der Waals surface area contributed by atoms with Crippen LogP contribution in [0.3, 0.4) is 0 Å². The fourth-order valence-electron chi connectivity index (χ4n) is 2.48. The highest BCUT2D eigenvalue weighted by atomic mass is 79.9. The number of aromatic nitrogens is 2. The number of aryl methyl sites for hydroxylation is 2. The minimum absolute atomic E-state index is 0.0476. The lowest BCUT2D eigenvalue weighted by atomic mass is 10.2. The first kappa shape index (κ1) is 15.6. The zero-order valence-electron chi connectivity index (χ0n) is 12.8. The second-order valence-electron chi connectivity index (χ2n) is 5.31. The van der Waals surface area contributed by atoms with E-state index in [1.54, 1.807) is 16.5 Å². The average Bonchev–Trinajstić information content (AvgIpc) is 2.87. The van der Waals surface area contributed by atoms with Crippen molar-refractivity contribution >= 4 is 33.2 Å². The number of fused-ring (bicyclic) bond motifs is 1. The van der Waals surface area contributed by atoms with Gasteiger partial charge in [-0.15, -0.1) is 0 Å². The Labute approximate surface area is 142 Å². The minimum Gasteiger partial charge on any atom is -0.506 e. The molecule has 5 nitrogen and oxygen atoms in total. The van der Waals surface area contributed by atoms with Crippen LogP contribution in [0.2, 0.25) is 0 Å². The lowest BCUT2D eigenvalue weighted by Gasteiger charge is -2.09. The van der Waals surface area contributed by atoms with Gasteiger partial charge in [0.05, 0.1) is 11.4 Å². The summed E-state index contributed by atoms with van der Waals surface area (Å²) in [6.07, 6.45) is 2.45. The van der Waals surface area contributed by atoms with Gasteiger partial charge < -0.3 is 10.4 Å². The summed E-state index contributed by atoms with van der Waals surface area (Å²) in [6.45, 7) is 3.83. The third kappa shape index (κ3) is 2.94. The number of aromatic hydroxyl groups is 1. The van der Waals surface area contributed by atoms with Crippen molar-refractivity contribution in [2.24, 2.45) is 0 Å². The molecule has 6 heteroatoms. The molecule has 3 aromatic rings. The fourth-order valence-corrected chi connectivity index (χ4v) is 2.82. The molecule has 3 rings (SSSR count). The quantitative estimate of drug-likeness (QED) is 0.683. The van der Waals surface area contributed by atoms with Crippen LogP contribution >= 0.6 is 15.9 Å². The number of phenols is 1. The number of pyridine rings is 1. The summed E-state index contributed by atoms with van der Waals surface area (Å²) in [7, 11) is 0. The van der Waals surface area contributed by atoms with Crippen LogP contribution in [0.15, 0.2) is 41.0 Å². The van der Waals surface area contributed by atoms with Gasteiger partial charge in [-0.1, -0.05) is 13.0 Å². The van der Waals surface area contributed by atoms with Gasteiger partial charge in [0.25, 0.3) is 5.91 Å². The molecule has 1 amide bonds. The van der Waals surface area contributed by atoms with Crippen LogP contribution in [0.4, 0.5) is 5.69 Å². The van der Waals surface area contributed by atoms with Crippen molar-refractivity contribution in [1.82, 2.24) is 9.38 Å². The lowest BCUT2D eigenvalue weighted by molar-refractivity contribution is 0.102. The van der Waals surface area contributed by atoms with Crippen LogP contribution in [0.5, 0.6) is 5.75 Å². The number of nitrogens with zero attached hydrogens (tertiary/aromatic N) is 2. The van der Waals surface area contributed by atoms with Gasteiger partial charge in [0.1, 0.15) is 17.1 Å². The topological polar surface area (TPSA) is 66.6 Å². The summed E-state index contributed by atoms with van der Waals surface area (Å²) in [5.41, 5.74) is 3.21. The Hall–Kier alpha value is -2.34. The average molecular weight is 374 g/mol. The third-order valence-corrected chi connectivity index (χ3v) is 4.08. The van der Waals surface area contributed by atoms with E-state index < -0.39 is 0 Å². The summed E-state index contributed by atoms with van der Waals surface area (Å²) in [6, 6.07) is 8.87. The van der Waals surface area contributed by atoms with Crippen molar-refractivity contribution in [2.45, 2.75) is 20.3 Å².